The molecule has 0 spiro atoms. The normalized spacial score (nSPS) is 11.3. The number of carbonyl (C=O) groups is 2. The predicted octanol–water partition coefficient (Wildman–Crippen LogP) is -0.490. The maximum absolute atomic E-state index is 12.4. The van der Waals surface area contributed by atoms with E-state index in [9.17, 15) is 27.6 Å². The molecule has 0 aliphatic rings. The number of hydrogen-bond acceptors (Lipinski definition) is 7. The molecule has 0 saturated heterocycles. The summed E-state index contributed by atoms with van der Waals surface area (Å²) in [5.74, 6) is -1.33. The Labute approximate surface area is 187 Å². The molecule has 1 heterocycles. The molecule has 0 fully saturated rings. The fourth-order valence-electron chi connectivity index (χ4n) is 2.96. The topological polar surface area (TPSA) is 179 Å². The van der Waals surface area contributed by atoms with Gasteiger partial charge in [0.1, 0.15) is 0 Å². The molecule has 12 nitrogen and oxygen atoms in total. The fraction of sp³-hybridized carbons (Fsp3) is 0.200. The maximum Gasteiger partial charge on any atom is 0.272 e. The van der Waals surface area contributed by atoms with E-state index in [2.05, 4.69) is 25.6 Å². The number of fused-ring (bicyclic) bond motifs is 1. The first kappa shape index (κ1) is 23.8. The standard InChI is InChI=1S/C20H21N5O7S/c1-32-9-8-22-33(30,31)13-5-2-4-12(10-13)18(27)21-11-16(26)23-15-7-3-6-14-17(15)20(29)25-24-19(14)28/h2-7,10,22H,8-9,11H2,1H3,(H,21,27)(H,23,26)(H,24,28)(H,25,29). The summed E-state index contributed by atoms with van der Waals surface area (Å²) in [6, 6.07) is 9.69. The molecular formula is C20H21N5O7S. The van der Waals surface area contributed by atoms with Gasteiger partial charge in [-0.25, -0.2) is 13.1 Å². The van der Waals surface area contributed by atoms with Crippen molar-refractivity contribution in [3.05, 3.63) is 68.7 Å². The van der Waals surface area contributed by atoms with E-state index < -0.39 is 39.5 Å². The van der Waals surface area contributed by atoms with Crippen molar-refractivity contribution < 1.29 is 22.7 Å². The Morgan fingerprint density at radius 3 is 2.52 bits per heavy atom. The molecule has 5 N–H and O–H groups in total. The van der Waals surface area contributed by atoms with E-state index in [1.165, 1.54) is 49.6 Å². The number of sulfonamides is 1. The van der Waals surface area contributed by atoms with Crippen LogP contribution in [0.3, 0.4) is 0 Å². The van der Waals surface area contributed by atoms with Crippen LogP contribution >= 0.6 is 0 Å². The smallest absolute Gasteiger partial charge is 0.272 e. The van der Waals surface area contributed by atoms with E-state index in [1.807, 2.05) is 0 Å². The van der Waals surface area contributed by atoms with E-state index in [0.29, 0.717) is 0 Å². The van der Waals surface area contributed by atoms with E-state index in [4.69, 9.17) is 4.74 Å². The first-order valence-corrected chi connectivity index (χ1v) is 11.1. The Morgan fingerprint density at radius 2 is 1.76 bits per heavy atom. The van der Waals surface area contributed by atoms with Gasteiger partial charge in [0.2, 0.25) is 15.9 Å². The van der Waals surface area contributed by atoms with Crippen molar-refractivity contribution >= 4 is 38.3 Å². The molecule has 1 aromatic heterocycles. The van der Waals surface area contributed by atoms with Crippen LogP contribution in [-0.2, 0) is 19.6 Å². The highest BCUT2D eigenvalue weighted by Gasteiger charge is 2.17. The van der Waals surface area contributed by atoms with Crippen molar-refractivity contribution in [2.75, 3.05) is 32.1 Å². The van der Waals surface area contributed by atoms with Gasteiger partial charge in [0.05, 0.1) is 34.5 Å². The quantitative estimate of drug-likeness (QED) is 0.259. The minimum absolute atomic E-state index is 0.000178. The van der Waals surface area contributed by atoms with Gasteiger partial charge in [0.15, 0.2) is 0 Å². The Bertz CT molecular complexity index is 1410. The highest BCUT2D eigenvalue weighted by molar-refractivity contribution is 7.89. The van der Waals surface area contributed by atoms with Crippen molar-refractivity contribution in [1.29, 1.82) is 0 Å². The van der Waals surface area contributed by atoms with E-state index in [1.54, 1.807) is 0 Å². The van der Waals surface area contributed by atoms with Crippen LogP contribution in [0.4, 0.5) is 5.69 Å². The van der Waals surface area contributed by atoms with Crippen molar-refractivity contribution in [2.24, 2.45) is 0 Å². The Balaban J connectivity index is 1.68. The molecular weight excluding hydrogens is 454 g/mol. The molecule has 0 saturated carbocycles. The largest absolute Gasteiger partial charge is 0.383 e. The molecule has 2 amide bonds. The third-order valence-electron chi connectivity index (χ3n) is 4.51. The molecule has 2 aromatic carbocycles. The number of aromatic nitrogens is 2. The number of methoxy groups -OCH3 is 1. The number of hydrogen-bond donors (Lipinski definition) is 5. The predicted molar refractivity (Wildman–Crippen MR) is 120 cm³/mol. The SMILES string of the molecule is COCCNS(=O)(=O)c1cccc(C(=O)NCC(=O)Nc2cccc3c(=O)[nH][nH]c(=O)c23)c1. The first-order chi connectivity index (χ1) is 15.7. The van der Waals surface area contributed by atoms with Gasteiger partial charge in [-0.05, 0) is 30.3 Å². The minimum atomic E-state index is -3.84. The molecule has 0 atom stereocenters. The zero-order valence-corrected chi connectivity index (χ0v) is 18.2. The van der Waals surface area contributed by atoms with E-state index >= 15 is 0 Å². The summed E-state index contributed by atoms with van der Waals surface area (Å²) in [7, 11) is -2.40. The van der Waals surface area contributed by atoms with E-state index in [-0.39, 0.29) is 40.1 Å². The van der Waals surface area contributed by atoms with Gasteiger partial charge in [0.25, 0.3) is 17.0 Å². The van der Waals surface area contributed by atoms with Gasteiger partial charge < -0.3 is 15.4 Å². The first-order valence-electron chi connectivity index (χ1n) is 9.63. The number of carbonyl (C=O) groups excluding carboxylic acids is 2. The molecule has 0 aliphatic heterocycles. The number of anilines is 1. The summed E-state index contributed by atoms with van der Waals surface area (Å²) in [4.78, 5) is 48.6. The molecule has 33 heavy (non-hydrogen) atoms. The second-order valence-electron chi connectivity index (χ2n) is 6.79. The highest BCUT2D eigenvalue weighted by atomic mass is 32.2. The summed E-state index contributed by atoms with van der Waals surface area (Å²) in [6.07, 6.45) is 0. The Kier molecular flexibility index (Phi) is 7.37. The lowest BCUT2D eigenvalue weighted by atomic mass is 10.1. The van der Waals surface area contributed by atoms with Crippen LogP contribution in [0.2, 0.25) is 0 Å². The number of amides is 2. The maximum atomic E-state index is 12.4. The fourth-order valence-corrected chi connectivity index (χ4v) is 4.02. The number of ether oxygens (including phenoxy) is 1. The summed E-state index contributed by atoms with van der Waals surface area (Å²) in [5.41, 5.74) is -0.984. The van der Waals surface area contributed by atoms with Crippen LogP contribution in [0.5, 0.6) is 0 Å². The molecule has 0 unspecified atom stereocenters. The third kappa shape index (κ3) is 5.71. The average Bonchev–Trinajstić information content (AvgIpc) is 2.80. The molecule has 0 radical (unpaired) electrons. The number of rotatable bonds is 9. The second kappa shape index (κ2) is 10.2. The van der Waals surface area contributed by atoms with Crippen LogP contribution in [0.1, 0.15) is 10.4 Å². The van der Waals surface area contributed by atoms with Gasteiger partial charge in [-0.1, -0.05) is 12.1 Å². The van der Waals surface area contributed by atoms with Gasteiger partial charge in [-0.2, -0.15) is 0 Å². The summed E-state index contributed by atoms with van der Waals surface area (Å²) in [5, 5.41) is 9.34. The molecule has 13 heteroatoms. The number of benzene rings is 2. The van der Waals surface area contributed by atoms with Crippen molar-refractivity contribution in [2.45, 2.75) is 4.90 Å². The molecule has 3 rings (SSSR count). The number of aromatic amines is 2. The summed E-state index contributed by atoms with van der Waals surface area (Å²) >= 11 is 0. The van der Waals surface area contributed by atoms with Gasteiger partial charge in [-0.15, -0.1) is 0 Å². The monoisotopic (exact) mass is 475 g/mol. The van der Waals surface area contributed by atoms with Crippen LogP contribution in [0, 0.1) is 0 Å². The van der Waals surface area contributed by atoms with Crippen LogP contribution in [-0.4, -0.2) is 57.2 Å². The summed E-state index contributed by atoms with van der Waals surface area (Å²) in [6.45, 7) is -0.205. The second-order valence-corrected chi connectivity index (χ2v) is 8.55. The van der Waals surface area contributed by atoms with Crippen LogP contribution in [0.25, 0.3) is 10.8 Å². The zero-order chi connectivity index (χ0) is 24.0. The Hall–Kier alpha value is -3.81. The summed E-state index contributed by atoms with van der Waals surface area (Å²) < 4.78 is 31.7. The lowest BCUT2D eigenvalue weighted by Crippen LogP contribution is -2.33. The number of H-pyrrole nitrogens is 2. The minimum Gasteiger partial charge on any atom is -0.383 e. The van der Waals surface area contributed by atoms with E-state index in [0.717, 1.165) is 0 Å². The van der Waals surface area contributed by atoms with Gasteiger partial charge in [0, 0.05) is 19.2 Å². The van der Waals surface area contributed by atoms with Crippen LogP contribution in [0.15, 0.2) is 56.9 Å². The molecule has 174 valence electrons. The molecule has 0 aliphatic carbocycles. The highest BCUT2D eigenvalue weighted by Crippen LogP contribution is 2.16. The van der Waals surface area contributed by atoms with Crippen molar-refractivity contribution in [3.8, 4) is 0 Å². The van der Waals surface area contributed by atoms with Crippen LogP contribution < -0.4 is 26.5 Å². The number of nitrogens with one attached hydrogen (secondary N) is 5. The molecule has 3 aromatic rings. The zero-order valence-electron chi connectivity index (χ0n) is 17.4. The van der Waals surface area contributed by atoms with Gasteiger partial charge in [-0.3, -0.25) is 29.4 Å². The van der Waals surface area contributed by atoms with Gasteiger partial charge >= 0.3 is 0 Å². The third-order valence-corrected chi connectivity index (χ3v) is 5.97. The lowest BCUT2D eigenvalue weighted by molar-refractivity contribution is -0.115. The van der Waals surface area contributed by atoms with Crippen molar-refractivity contribution in [3.63, 3.8) is 0 Å². The van der Waals surface area contributed by atoms with Crippen molar-refractivity contribution in [1.82, 2.24) is 20.2 Å². The lowest BCUT2D eigenvalue weighted by Gasteiger charge is -2.10. The Morgan fingerprint density at radius 1 is 1.03 bits per heavy atom. The molecule has 0 bridgehead atoms. The average molecular weight is 475 g/mol.